The van der Waals surface area contributed by atoms with E-state index < -0.39 is 6.10 Å². The summed E-state index contributed by atoms with van der Waals surface area (Å²) in [6, 6.07) is 14.0. The Morgan fingerprint density at radius 2 is 1.79 bits per heavy atom. The van der Waals surface area contributed by atoms with Gasteiger partial charge in [0, 0.05) is 24.0 Å². The van der Waals surface area contributed by atoms with Crippen LogP contribution in [0.2, 0.25) is 0 Å². The van der Waals surface area contributed by atoms with E-state index in [1.54, 1.807) is 14.2 Å². The topological polar surface area (TPSA) is 75.1 Å². The van der Waals surface area contributed by atoms with Gasteiger partial charge in [0.25, 0.3) is 0 Å². The Morgan fingerprint density at radius 3 is 2.45 bits per heavy atom. The molecule has 6 nitrogen and oxygen atoms in total. The second kappa shape index (κ2) is 9.22. The molecule has 2 N–H and O–H groups in total. The third-order valence-corrected chi connectivity index (χ3v) is 4.89. The second-order valence-electron chi connectivity index (χ2n) is 7.26. The van der Waals surface area contributed by atoms with Gasteiger partial charge in [-0.3, -0.25) is 4.90 Å². The number of aryl methyl sites for hydroxylation is 1. The van der Waals surface area contributed by atoms with Crippen molar-refractivity contribution in [3.05, 3.63) is 53.6 Å². The van der Waals surface area contributed by atoms with Crippen LogP contribution in [-0.4, -0.2) is 60.6 Å². The van der Waals surface area contributed by atoms with E-state index in [0.717, 1.165) is 39.0 Å². The van der Waals surface area contributed by atoms with E-state index in [2.05, 4.69) is 25.1 Å². The van der Waals surface area contributed by atoms with Crippen molar-refractivity contribution in [3.8, 4) is 22.8 Å². The van der Waals surface area contributed by atoms with Gasteiger partial charge in [-0.1, -0.05) is 23.8 Å². The number of benzene rings is 2. The lowest BCUT2D eigenvalue weighted by Gasteiger charge is -2.22. The van der Waals surface area contributed by atoms with Gasteiger partial charge in [-0.05, 0) is 43.8 Å². The van der Waals surface area contributed by atoms with E-state index in [1.165, 1.54) is 0 Å². The molecule has 1 aromatic heterocycles. The van der Waals surface area contributed by atoms with Crippen LogP contribution in [-0.2, 0) is 6.54 Å². The number of ether oxygens (including phenoxy) is 2. The molecule has 0 aliphatic rings. The predicted octanol–water partition coefficient (Wildman–Crippen LogP) is 3.01. The van der Waals surface area contributed by atoms with Crippen molar-refractivity contribution in [2.75, 3.05) is 34.4 Å². The minimum Gasteiger partial charge on any atom is -0.496 e. The smallest absolute Gasteiger partial charge is 0.145 e. The van der Waals surface area contributed by atoms with Crippen molar-refractivity contribution >= 4 is 10.9 Å². The average molecular weight is 396 g/mol. The van der Waals surface area contributed by atoms with Gasteiger partial charge in [-0.25, -0.2) is 4.98 Å². The molecule has 0 spiro atoms. The lowest BCUT2D eigenvalue weighted by molar-refractivity contribution is 0.0648. The van der Waals surface area contributed by atoms with Crippen LogP contribution in [0.3, 0.4) is 0 Å². The zero-order valence-electron chi connectivity index (χ0n) is 17.3. The van der Waals surface area contributed by atoms with Crippen LogP contribution in [0, 0.1) is 6.92 Å². The van der Waals surface area contributed by atoms with Crippen LogP contribution < -0.4 is 9.47 Å². The highest BCUT2D eigenvalue weighted by Crippen LogP contribution is 2.36. The minimum absolute atomic E-state index is 0.268. The summed E-state index contributed by atoms with van der Waals surface area (Å²) in [7, 11) is 5.18. The summed E-state index contributed by atoms with van der Waals surface area (Å²) >= 11 is 0. The van der Waals surface area contributed by atoms with Gasteiger partial charge < -0.3 is 19.7 Å². The maximum atomic E-state index is 9.81. The van der Waals surface area contributed by atoms with Crippen LogP contribution in [0.5, 0.6) is 11.5 Å². The molecule has 1 atom stereocenters. The highest BCUT2D eigenvalue weighted by atomic mass is 16.5. The summed E-state index contributed by atoms with van der Waals surface area (Å²) in [6.07, 6.45) is -0.787. The highest BCUT2D eigenvalue weighted by molar-refractivity contribution is 5.92. The molecule has 0 saturated carbocycles. The number of fused-ring (bicyclic) bond motifs is 1. The van der Waals surface area contributed by atoms with Gasteiger partial charge in [0.2, 0.25) is 0 Å². The Kier molecular flexibility index (Phi) is 6.69. The largest absolute Gasteiger partial charge is 0.496 e. The number of pyridine rings is 1. The Morgan fingerprint density at radius 1 is 1.07 bits per heavy atom. The lowest BCUT2D eigenvalue weighted by Crippen LogP contribution is -2.31. The molecular formula is C23H28N2O4. The van der Waals surface area contributed by atoms with Gasteiger partial charge in [0.1, 0.15) is 17.0 Å². The van der Waals surface area contributed by atoms with Crippen LogP contribution in [0.15, 0.2) is 42.5 Å². The Bertz CT molecular complexity index is 990. The molecular weight excluding hydrogens is 368 g/mol. The quantitative estimate of drug-likeness (QED) is 0.610. The number of aliphatic hydroxyl groups excluding tert-OH is 2. The standard InChI is InChI=1S/C23H28N2O4/c1-15-6-5-7-16(10-15)22-17(12-25(2)13-18(27)14-26)11-19-20(28-3)8-9-21(29-4)23(19)24-22/h5-11,18,26-27H,12-14H2,1-4H3. The number of aliphatic hydroxyl groups is 2. The molecule has 0 bridgehead atoms. The third kappa shape index (κ3) is 4.67. The first kappa shape index (κ1) is 21.0. The fourth-order valence-corrected chi connectivity index (χ4v) is 3.53. The third-order valence-electron chi connectivity index (χ3n) is 4.89. The molecule has 1 heterocycles. The maximum absolute atomic E-state index is 9.81. The number of nitrogens with zero attached hydrogens (tertiary/aromatic N) is 2. The van der Waals surface area contributed by atoms with E-state index in [9.17, 15) is 5.11 Å². The second-order valence-corrected chi connectivity index (χ2v) is 7.26. The molecule has 1 unspecified atom stereocenters. The molecule has 154 valence electrons. The zero-order chi connectivity index (χ0) is 21.0. The van der Waals surface area contributed by atoms with Crippen molar-refractivity contribution in [2.24, 2.45) is 0 Å². The Labute approximate surface area is 171 Å². The summed E-state index contributed by atoms with van der Waals surface area (Å²) in [6.45, 7) is 2.70. The fourth-order valence-electron chi connectivity index (χ4n) is 3.53. The number of hydrogen-bond acceptors (Lipinski definition) is 6. The van der Waals surface area contributed by atoms with E-state index in [1.807, 2.05) is 36.2 Å². The summed E-state index contributed by atoms with van der Waals surface area (Å²) in [5.74, 6) is 1.41. The summed E-state index contributed by atoms with van der Waals surface area (Å²) in [5.41, 5.74) is 4.77. The molecule has 0 saturated heterocycles. The number of hydrogen-bond donors (Lipinski definition) is 2. The van der Waals surface area contributed by atoms with E-state index in [4.69, 9.17) is 19.6 Å². The maximum Gasteiger partial charge on any atom is 0.145 e. The van der Waals surface area contributed by atoms with E-state index >= 15 is 0 Å². The summed E-state index contributed by atoms with van der Waals surface area (Å²) in [5, 5.41) is 19.8. The van der Waals surface area contributed by atoms with Crippen molar-refractivity contribution in [3.63, 3.8) is 0 Å². The fraction of sp³-hybridized carbons (Fsp3) is 0.348. The monoisotopic (exact) mass is 396 g/mol. The van der Waals surface area contributed by atoms with Crippen LogP contribution in [0.4, 0.5) is 0 Å². The predicted molar refractivity (Wildman–Crippen MR) is 114 cm³/mol. The van der Waals surface area contributed by atoms with Crippen molar-refractivity contribution in [2.45, 2.75) is 19.6 Å². The molecule has 3 rings (SSSR count). The molecule has 0 aliphatic carbocycles. The lowest BCUT2D eigenvalue weighted by atomic mass is 10.0. The van der Waals surface area contributed by atoms with Gasteiger partial charge in [-0.15, -0.1) is 0 Å². The average Bonchev–Trinajstić information content (AvgIpc) is 2.72. The number of methoxy groups -OCH3 is 2. The van der Waals surface area contributed by atoms with Gasteiger partial charge in [-0.2, -0.15) is 0 Å². The van der Waals surface area contributed by atoms with Gasteiger partial charge in [0.05, 0.1) is 32.6 Å². The minimum atomic E-state index is -0.787. The van der Waals surface area contributed by atoms with Crippen LogP contribution in [0.1, 0.15) is 11.1 Å². The van der Waals surface area contributed by atoms with E-state index in [-0.39, 0.29) is 6.61 Å². The SMILES string of the molecule is COc1ccc(OC)c2nc(-c3cccc(C)c3)c(CN(C)CC(O)CO)cc12. The summed E-state index contributed by atoms with van der Waals surface area (Å²) in [4.78, 5) is 6.94. The Balaban J connectivity index is 2.18. The van der Waals surface area contributed by atoms with Crippen molar-refractivity contribution < 1.29 is 19.7 Å². The summed E-state index contributed by atoms with van der Waals surface area (Å²) < 4.78 is 11.1. The molecule has 2 aromatic carbocycles. The molecule has 6 heteroatoms. The Hall–Kier alpha value is -2.67. The molecule has 29 heavy (non-hydrogen) atoms. The highest BCUT2D eigenvalue weighted by Gasteiger charge is 2.17. The van der Waals surface area contributed by atoms with Crippen molar-refractivity contribution in [1.29, 1.82) is 0 Å². The van der Waals surface area contributed by atoms with Gasteiger partial charge in [0.15, 0.2) is 0 Å². The van der Waals surface area contributed by atoms with Crippen LogP contribution in [0.25, 0.3) is 22.2 Å². The number of rotatable bonds is 8. The molecule has 0 amide bonds. The first-order valence-electron chi connectivity index (χ1n) is 9.56. The normalized spacial score (nSPS) is 12.4. The first-order valence-corrected chi connectivity index (χ1v) is 9.56. The number of aromatic nitrogens is 1. The molecule has 3 aromatic rings. The first-order chi connectivity index (χ1) is 14.0. The number of likely N-dealkylation sites (N-methyl/N-ethyl adjacent to an activating group) is 1. The van der Waals surface area contributed by atoms with Crippen LogP contribution >= 0.6 is 0 Å². The van der Waals surface area contributed by atoms with Gasteiger partial charge >= 0.3 is 0 Å². The van der Waals surface area contributed by atoms with Crippen molar-refractivity contribution in [1.82, 2.24) is 9.88 Å². The van der Waals surface area contributed by atoms with E-state index in [0.29, 0.717) is 18.8 Å². The zero-order valence-corrected chi connectivity index (χ0v) is 17.3. The molecule has 0 fully saturated rings. The molecule has 0 radical (unpaired) electrons. The molecule has 0 aliphatic heterocycles.